The van der Waals surface area contributed by atoms with E-state index in [2.05, 4.69) is 34.3 Å². The Hall–Kier alpha value is -1.34. The molecule has 0 radical (unpaired) electrons. The van der Waals surface area contributed by atoms with Crippen LogP contribution < -0.4 is 11.1 Å². The Kier molecular flexibility index (Phi) is 7.45. The number of nitrogens with two attached hydrogens (primary N) is 1. The molecule has 0 spiro atoms. The van der Waals surface area contributed by atoms with Crippen LogP contribution >= 0.6 is 35.6 Å². The van der Waals surface area contributed by atoms with E-state index in [1.54, 1.807) is 12.3 Å². The van der Waals surface area contributed by atoms with Crippen LogP contribution in [0.2, 0.25) is 5.02 Å². The highest BCUT2D eigenvalue weighted by Gasteiger charge is 1.97. The lowest BCUT2D eigenvalue weighted by molar-refractivity contribution is 0.985. The number of aryl methyl sites for hydroxylation is 1. The summed E-state index contributed by atoms with van der Waals surface area (Å²) in [6, 6.07) is 11.7. The monoisotopic (exact) mass is 416 g/mol. The quantitative estimate of drug-likeness (QED) is 0.452. The molecule has 1 aromatic heterocycles. The molecule has 4 nitrogen and oxygen atoms in total. The Labute approximate surface area is 146 Å². The molecule has 3 N–H and O–H groups in total. The number of anilines is 1. The number of hydrogen-bond acceptors (Lipinski definition) is 2. The maximum atomic E-state index is 5.84. The molecule has 2 aromatic rings. The van der Waals surface area contributed by atoms with Gasteiger partial charge in [-0.3, -0.25) is 4.98 Å². The van der Waals surface area contributed by atoms with Gasteiger partial charge in [-0.2, -0.15) is 0 Å². The summed E-state index contributed by atoms with van der Waals surface area (Å²) in [6.07, 6.45) is 2.62. The van der Waals surface area contributed by atoms with E-state index in [0.717, 1.165) is 17.8 Å². The Morgan fingerprint density at radius 2 is 1.95 bits per heavy atom. The zero-order valence-corrected chi connectivity index (χ0v) is 14.8. The number of rotatable bonds is 4. The van der Waals surface area contributed by atoms with E-state index >= 15 is 0 Å². The molecule has 0 saturated heterocycles. The summed E-state index contributed by atoms with van der Waals surface area (Å²) in [5, 5.41) is 3.66. The minimum Gasteiger partial charge on any atom is -0.370 e. The van der Waals surface area contributed by atoms with Gasteiger partial charge in [0.15, 0.2) is 5.96 Å². The minimum absolute atomic E-state index is 0. The minimum atomic E-state index is 0. The van der Waals surface area contributed by atoms with Gasteiger partial charge in [-0.1, -0.05) is 30.7 Å². The smallest absolute Gasteiger partial charge is 0.193 e. The standard InChI is InChI=1S/C15H17ClN4.HI/c1-2-11-3-6-13(7-4-11)20-15(17)19-10-14-8-5-12(16)9-18-14;/h3-9H,2,10H2,1H3,(H3,17,19,20);1H. The second kappa shape index (κ2) is 8.84. The van der Waals surface area contributed by atoms with Gasteiger partial charge < -0.3 is 11.1 Å². The van der Waals surface area contributed by atoms with Crippen molar-refractivity contribution < 1.29 is 0 Å². The van der Waals surface area contributed by atoms with E-state index in [1.807, 2.05) is 18.2 Å². The van der Waals surface area contributed by atoms with Gasteiger partial charge in [0, 0.05) is 11.9 Å². The SMILES string of the molecule is CCc1ccc(NC(N)=NCc2ccc(Cl)cn2)cc1.I. The summed E-state index contributed by atoms with van der Waals surface area (Å²) >= 11 is 5.77. The van der Waals surface area contributed by atoms with Gasteiger partial charge in [-0.05, 0) is 36.2 Å². The Bertz CT molecular complexity index is 582. The number of nitrogens with one attached hydrogen (secondary N) is 1. The fourth-order valence-electron chi connectivity index (χ4n) is 1.68. The lowest BCUT2D eigenvalue weighted by atomic mass is 10.1. The van der Waals surface area contributed by atoms with Crippen LogP contribution in [0.15, 0.2) is 47.6 Å². The highest BCUT2D eigenvalue weighted by Crippen LogP contribution is 2.10. The zero-order valence-electron chi connectivity index (χ0n) is 11.7. The molecule has 0 aliphatic heterocycles. The first-order valence-electron chi connectivity index (χ1n) is 6.43. The summed E-state index contributed by atoms with van der Waals surface area (Å²) in [5.74, 6) is 0.367. The normalized spacial score (nSPS) is 10.9. The lowest BCUT2D eigenvalue weighted by Crippen LogP contribution is -2.22. The van der Waals surface area contributed by atoms with Crippen LogP contribution in [-0.2, 0) is 13.0 Å². The molecule has 1 aromatic carbocycles. The van der Waals surface area contributed by atoms with Gasteiger partial charge in [-0.15, -0.1) is 24.0 Å². The van der Waals surface area contributed by atoms with Crippen molar-refractivity contribution in [3.63, 3.8) is 0 Å². The average Bonchev–Trinajstić information content (AvgIpc) is 2.47. The highest BCUT2D eigenvalue weighted by atomic mass is 127. The van der Waals surface area contributed by atoms with E-state index < -0.39 is 0 Å². The largest absolute Gasteiger partial charge is 0.370 e. The lowest BCUT2D eigenvalue weighted by Gasteiger charge is -2.06. The first-order valence-corrected chi connectivity index (χ1v) is 6.81. The third-order valence-electron chi connectivity index (χ3n) is 2.83. The van der Waals surface area contributed by atoms with Gasteiger partial charge >= 0.3 is 0 Å². The molecule has 0 fully saturated rings. The predicted molar refractivity (Wildman–Crippen MR) is 99.4 cm³/mol. The molecule has 0 atom stereocenters. The molecule has 21 heavy (non-hydrogen) atoms. The molecule has 2 rings (SSSR count). The number of hydrogen-bond donors (Lipinski definition) is 2. The fraction of sp³-hybridized carbons (Fsp3) is 0.200. The van der Waals surface area contributed by atoms with Crippen LogP contribution in [0.25, 0.3) is 0 Å². The number of aromatic nitrogens is 1. The van der Waals surface area contributed by atoms with E-state index in [0.29, 0.717) is 17.5 Å². The number of halogens is 2. The second-order valence-electron chi connectivity index (χ2n) is 4.34. The van der Waals surface area contributed by atoms with E-state index in [1.165, 1.54) is 5.56 Å². The van der Waals surface area contributed by atoms with E-state index in [-0.39, 0.29) is 24.0 Å². The number of nitrogens with zero attached hydrogens (tertiary/aromatic N) is 2. The zero-order chi connectivity index (χ0) is 14.4. The summed E-state index contributed by atoms with van der Waals surface area (Å²) in [4.78, 5) is 8.40. The molecular weight excluding hydrogens is 399 g/mol. The van der Waals surface area contributed by atoms with Crippen LogP contribution in [0.1, 0.15) is 18.2 Å². The first kappa shape index (κ1) is 17.7. The third kappa shape index (κ3) is 5.89. The molecule has 0 saturated carbocycles. The summed E-state index contributed by atoms with van der Waals surface area (Å²) in [7, 11) is 0. The summed E-state index contributed by atoms with van der Waals surface area (Å²) < 4.78 is 0. The molecule has 112 valence electrons. The van der Waals surface area contributed by atoms with Crippen molar-refractivity contribution >= 4 is 47.2 Å². The molecule has 0 bridgehead atoms. The molecule has 6 heteroatoms. The van der Waals surface area contributed by atoms with Crippen LogP contribution in [0, 0.1) is 0 Å². The van der Waals surface area contributed by atoms with Gasteiger partial charge in [0.1, 0.15) is 0 Å². The van der Waals surface area contributed by atoms with Crippen molar-refractivity contribution in [1.82, 2.24) is 4.98 Å². The van der Waals surface area contributed by atoms with Crippen LogP contribution in [-0.4, -0.2) is 10.9 Å². The highest BCUT2D eigenvalue weighted by molar-refractivity contribution is 14.0. The van der Waals surface area contributed by atoms with Crippen molar-refractivity contribution in [3.8, 4) is 0 Å². The van der Waals surface area contributed by atoms with Gasteiger partial charge in [-0.25, -0.2) is 4.99 Å². The third-order valence-corrected chi connectivity index (χ3v) is 3.06. The topological polar surface area (TPSA) is 63.3 Å². The van der Waals surface area contributed by atoms with E-state index in [9.17, 15) is 0 Å². The van der Waals surface area contributed by atoms with Crippen LogP contribution in [0.4, 0.5) is 5.69 Å². The maximum absolute atomic E-state index is 5.84. The number of aliphatic imine (C=N–C) groups is 1. The molecule has 0 amide bonds. The van der Waals surface area contributed by atoms with Crippen LogP contribution in [0.3, 0.4) is 0 Å². The molecule has 0 unspecified atom stereocenters. The van der Waals surface area contributed by atoms with Gasteiger partial charge in [0.2, 0.25) is 0 Å². The Morgan fingerprint density at radius 1 is 1.24 bits per heavy atom. The van der Waals surface area contributed by atoms with Crippen molar-refractivity contribution in [1.29, 1.82) is 0 Å². The fourth-order valence-corrected chi connectivity index (χ4v) is 1.79. The number of guanidine groups is 1. The summed E-state index contributed by atoms with van der Waals surface area (Å²) in [6.45, 7) is 2.54. The molecule has 0 aliphatic rings. The number of pyridine rings is 1. The van der Waals surface area contributed by atoms with E-state index in [4.69, 9.17) is 17.3 Å². The molecule has 0 aliphatic carbocycles. The van der Waals surface area contributed by atoms with Crippen LogP contribution in [0.5, 0.6) is 0 Å². The van der Waals surface area contributed by atoms with Crippen molar-refractivity contribution in [2.45, 2.75) is 19.9 Å². The van der Waals surface area contributed by atoms with Crippen molar-refractivity contribution in [2.24, 2.45) is 10.7 Å². The Balaban J connectivity index is 0.00000220. The molecular formula is C15H18ClIN4. The van der Waals surface area contributed by atoms with Crippen molar-refractivity contribution in [2.75, 3.05) is 5.32 Å². The summed E-state index contributed by atoms with van der Waals surface area (Å²) in [5.41, 5.74) is 8.87. The maximum Gasteiger partial charge on any atom is 0.193 e. The molecule has 1 heterocycles. The first-order chi connectivity index (χ1) is 9.67. The number of benzene rings is 1. The van der Waals surface area contributed by atoms with Crippen molar-refractivity contribution in [3.05, 3.63) is 58.9 Å². The average molecular weight is 417 g/mol. The Morgan fingerprint density at radius 3 is 2.52 bits per heavy atom. The predicted octanol–water partition coefficient (Wildman–Crippen LogP) is 3.84. The second-order valence-corrected chi connectivity index (χ2v) is 4.78. The van der Waals surface area contributed by atoms with Gasteiger partial charge in [0.05, 0.1) is 17.3 Å². The van der Waals surface area contributed by atoms with Gasteiger partial charge in [0.25, 0.3) is 0 Å².